The molecule has 0 aromatic carbocycles. The van der Waals surface area contributed by atoms with Crippen LogP contribution in [0.2, 0.25) is 25.2 Å². The van der Waals surface area contributed by atoms with Gasteiger partial charge in [-0.05, 0) is 0 Å². The van der Waals surface area contributed by atoms with E-state index in [1.165, 1.54) is 25.7 Å². The fraction of sp³-hybridized carbons (Fsp3) is 1.00. The van der Waals surface area contributed by atoms with Gasteiger partial charge in [0.25, 0.3) is 0 Å². The predicted molar refractivity (Wildman–Crippen MR) is 62.7 cm³/mol. The van der Waals surface area contributed by atoms with Crippen molar-refractivity contribution in [1.29, 1.82) is 0 Å². The van der Waals surface area contributed by atoms with E-state index in [-0.39, 0.29) is 16.6 Å². The Morgan fingerprint density at radius 1 is 0.750 bits per heavy atom. The lowest BCUT2D eigenvalue weighted by Gasteiger charge is -2.15. The molecular weight excluding hydrogens is 176 g/mol. The molecule has 0 aliphatic heterocycles. The molecule has 2 heteroatoms. The van der Waals surface area contributed by atoms with Gasteiger partial charge in [0.05, 0.1) is 0 Å². The Bertz CT molecular complexity index is 81.8. The smallest absolute Gasteiger partial charge is 0.0342 e. The standard InChI is InChI=1S/C10H24Si2/c1-5-7-9-11(3)12(4)10-8-6-2/h5-10H2,1-4H3. The normalized spacial score (nSPS) is 11.5. The van der Waals surface area contributed by atoms with Gasteiger partial charge >= 0.3 is 0 Å². The quantitative estimate of drug-likeness (QED) is 0.547. The van der Waals surface area contributed by atoms with Crippen LogP contribution in [0, 0.1) is 0 Å². The Balaban J connectivity index is 3.39. The van der Waals surface area contributed by atoms with Crippen molar-refractivity contribution < 1.29 is 0 Å². The third-order valence-corrected chi connectivity index (χ3v) is 12.1. The first-order valence-corrected chi connectivity index (χ1v) is 10.8. The number of unbranched alkanes of at least 4 members (excludes halogenated alkanes) is 2. The second-order valence-corrected chi connectivity index (χ2v) is 13.0. The van der Waals surface area contributed by atoms with E-state index in [1.807, 2.05) is 0 Å². The molecule has 0 aliphatic carbocycles. The second-order valence-electron chi connectivity index (χ2n) is 3.77. The molecule has 0 aliphatic rings. The average Bonchev–Trinajstić information content (AvgIpc) is 2.10. The summed E-state index contributed by atoms with van der Waals surface area (Å²) in [6.45, 7) is 9.74. The lowest BCUT2D eigenvalue weighted by Crippen LogP contribution is -2.28. The molecule has 0 unspecified atom stereocenters. The predicted octanol–water partition coefficient (Wildman–Crippen LogP) is 3.91. The van der Waals surface area contributed by atoms with E-state index in [2.05, 4.69) is 26.9 Å². The van der Waals surface area contributed by atoms with Crippen LogP contribution in [0.4, 0.5) is 0 Å². The Morgan fingerprint density at radius 2 is 1.08 bits per heavy atom. The second kappa shape index (κ2) is 8.05. The molecule has 0 spiro atoms. The van der Waals surface area contributed by atoms with Crippen molar-refractivity contribution in [3.8, 4) is 0 Å². The number of rotatable bonds is 7. The molecule has 0 fully saturated rings. The highest BCUT2D eigenvalue weighted by Gasteiger charge is 2.13. The van der Waals surface area contributed by atoms with Gasteiger partial charge in [-0.2, -0.15) is 0 Å². The minimum atomic E-state index is 0.0995. The highest BCUT2D eigenvalue weighted by molar-refractivity contribution is 7.21. The molecule has 0 aromatic rings. The Morgan fingerprint density at radius 3 is 1.33 bits per heavy atom. The molecular formula is C10H24Si2. The van der Waals surface area contributed by atoms with Crippen molar-refractivity contribution in [3.63, 3.8) is 0 Å². The molecule has 0 saturated carbocycles. The highest BCUT2D eigenvalue weighted by Crippen LogP contribution is 2.10. The Kier molecular flexibility index (Phi) is 8.34. The fourth-order valence-electron chi connectivity index (χ4n) is 1.31. The van der Waals surface area contributed by atoms with E-state index < -0.39 is 0 Å². The average molecular weight is 200 g/mol. The molecule has 0 nitrogen and oxygen atoms in total. The van der Waals surface area contributed by atoms with Crippen LogP contribution in [0.25, 0.3) is 0 Å². The first-order valence-electron chi connectivity index (χ1n) is 5.37. The van der Waals surface area contributed by atoms with Crippen molar-refractivity contribution in [1.82, 2.24) is 0 Å². The summed E-state index contributed by atoms with van der Waals surface area (Å²) in [5, 5.41) is 0. The zero-order chi connectivity index (χ0) is 9.40. The summed E-state index contributed by atoms with van der Waals surface area (Å²) in [7, 11) is 0.199. The van der Waals surface area contributed by atoms with Gasteiger partial charge in [0.1, 0.15) is 0 Å². The molecule has 2 radical (unpaired) electrons. The third kappa shape index (κ3) is 6.01. The molecule has 0 aromatic heterocycles. The monoisotopic (exact) mass is 200 g/mol. The van der Waals surface area contributed by atoms with Gasteiger partial charge in [-0.25, -0.2) is 0 Å². The summed E-state index contributed by atoms with van der Waals surface area (Å²) in [6.07, 6.45) is 5.76. The lowest BCUT2D eigenvalue weighted by molar-refractivity contribution is 0.870. The van der Waals surface area contributed by atoms with Gasteiger partial charge < -0.3 is 0 Å². The minimum absolute atomic E-state index is 0.0995. The maximum absolute atomic E-state index is 2.56. The summed E-state index contributed by atoms with van der Waals surface area (Å²) in [5.74, 6) is 0. The summed E-state index contributed by atoms with van der Waals surface area (Å²) in [4.78, 5) is 0. The van der Waals surface area contributed by atoms with Crippen LogP contribution in [-0.2, 0) is 0 Å². The molecule has 0 amide bonds. The zero-order valence-corrected chi connectivity index (χ0v) is 11.2. The summed E-state index contributed by atoms with van der Waals surface area (Å²) < 4.78 is 0. The SMILES string of the molecule is CCCC[Si](C)[Si](C)CCCC. The largest absolute Gasteiger partial charge is 0.0733 e. The molecule has 0 heterocycles. The van der Waals surface area contributed by atoms with Gasteiger partial charge in [-0.1, -0.05) is 64.7 Å². The highest BCUT2D eigenvalue weighted by atomic mass is 29.2. The van der Waals surface area contributed by atoms with Crippen molar-refractivity contribution >= 4 is 16.6 Å². The first-order chi connectivity index (χ1) is 5.72. The van der Waals surface area contributed by atoms with Crippen LogP contribution in [0.15, 0.2) is 0 Å². The number of hydrogen-bond donors (Lipinski definition) is 0. The maximum Gasteiger partial charge on any atom is 0.0342 e. The topological polar surface area (TPSA) is 0 Å². The summed E-state index contributed by atoms with van der Waals surface area (Å²) >= 11 is 0. The van der Waals surface area contributed by atoms with Crippen molar-refractivity contribution in [2.24, 2.45) is 0 Å². The molecule has 12 heavy (non-hydrogen) atoms. The van der Waals surface area contributed by atoms with E-state index in [9.17, 15) is 0 Å². The Hall–Kier alpha value is 0.434. The molecule has 0 atom stereocenters. The zero-order valence-electron chi connectivity index (χ0n) is 9.24. The van der Waals surface area contributed by atoms with Crippen LogP contribution < -0.4 is 0 Å². The Labute approximate surface area is 81.8 Å². The van der Waals surface area contributed by atoms with Crippen LogP contribution in [0.5, 0.6) is 0 Å². The van der Waals surface area contributed by atoms with E-state index in [0.717, 1.165) is 0 Å². The summed E-state index contributed by atoms with van der Waals surface area (Å²) in [5.41, 5.74) is 0. The molecule has 72 valence electrons. The first kappa shape index (κ1) is 12.4. The fourth-order valence-corrected chi connectivity index (χ4v) is 7.55. The van der Waals surface area contributed by atoms with Gasteiger partial charge in [0, 0.05) is 16.6 Å². The van der Waals surface area contributed by atoms with Gasteiger partial charge in [0.15, 0.2) is 0 Å². The van der Waals surface area contributed by atoms with Crippen molar-refractivity contribution in [2.75, 3.05) is 0 Å². The molecule has 0 bridgehead atoms. The minimum Gasteiger partial charge on any atom is -0.0733 e. The molecule has 0 N–H and O–H groups in total. The van der Waals surface area contributed by atoms with Crippen LogP contribution >= 0.6 is 0 Å². The number of hydrogen-bond acceptors (Lipinski definition) is 0. The molecule has 0 saturated heterocycles. The van der Waals surface area contributed by atoms with Gasteiger partial charge in [-0.15, -0.1) is 0 Å². The van der Waals surface area contributed by atoms with Crippen molar-refractivity contribution in [2.45, 2.75) is 64.7 Å². The van der Waals surface area contributed by atoms with Crippen molar-refractivity contribution in [3.05, 3.63) is 0 Å². The van der Waals surface area contributed by atoms with Crippen LogP contribution in [0.3, 0.4) is 0 Å². The maximum atomic E-state index is 2.56. The van der Waals surface area contributed by atoms with E-state index in [0.29, 0.717) is 0 Å². The van der Waals surface area contributed by atoms with Crippen LogP contribution in [0.1, 0.15) is 39.5 Å². The van der Waals surface area contributed by atoms with Gasteiger partial charge in [0.2, 0.25) is 0 Å². The van der Waals surface area contributed by atoms with E-state index in [1.54, 1.807) is 12.1 Å². The van der Waals surface area contributed by atoms with E-state index >= 15 is 0 Å². The summed E-state index contributed by atoms with van der Waals surface area (Å²) in [6, 6.07) is 3.16. The lowest BCUT2D eigenvalue weighted by atomic mass is 10.4. The molecule has 0 rings (SSSR count). The van der Waals surface area contributed by atoms with Gasteiger partial charge in [-0.3, -0.25) is 0 Å². The third-order valence-electron chi connectivity index (χ3n) is 2.54. The van der Waals surface area contributed by atoms with Crippen LogP contribution in [-0.4, -0.2) is 16.6 Å². The van der Waals surface area contributed by atoms with E-state index in [4.69, 9.17) is 0 Å².